The van der Waals surface area contributed by atoms with Gasteiger partial charge >= 0.3 is 0 Å². The highest BCUT2D eigenvalue weighted by atomic mass is 16.5. The van der Waals surface area contributed by atoms with Crippen molar-refractivity contribution in [1.82, 2.24) is 10.2 Å². The van der Waals surface area contributed by atoms with Crippen LogP contribution in [0.3, 0.4) is 0 Å². The number of ether oxygens (including phenoxy) is 1. The molecule has 1 aliphatic carbocycles. The average Bonchev–Trinajstić information content (AvgIpc) is 2.53. The summed E-state index contributed by atoms with van der Waals surface area (Å²) in [5.41, 5.74) is -0.0433. The van der Waals surface area contributed by atoms with Crippen molar-refractivity contribution < 1.29 is 9.84 Å². The third kappa shape index (κ3) is 3.94. The van der Waals surface area contributed by atoms with Crippen LogP contribution in [0.1, 0.15) is 51.9 Å². The van der Waals surface area contributed by atoms with Crippen LogP contribution in [0, 0.1) is 0 Å². The fourth-order valence-electron chi connectivity index (χ4n) is 3.82. The van der Waals surface area contributed by atoms with Crippen LogP contribution in [0.4, 0.5) is 0 Å². The summed E-state index contributed by atoms with van der Waals surface area (Å²) < 4.78 is 5.47. The molecule has 1 aliphatic heterocycles. The number of hydrogen-bond donors (Lipinski definition) is 2. The molecule has 0 aromatic rings. The van der Waals surface area contributed by atoms with Crippen molar-refractivity contribution in [2.45, 2.75) is 69.5 Å². The molecule has 2 fully saturated rings. The summed E-state index contributed by atoms with van der Waals surface area (Å²) in [5.74, 6) is 0. The van der Waals surface area contributed by atoms with E-state index in [1.54, 1.807) is 0 Å². The Balaban J connectivity index is 1.93. The van der Waals surface area contributed by atoms with E-state index in [1.807, 2.05) is 0 Å². The molecular weight excluding hydrogens is 252 g/mol. The van der Waals surface area contributed by atoms with Crippen molar-refractivity contribution >= 4 is 0 Å². The molecule has 0 radical (unpaired) electrons. The maximum atomic E-state index is 9.88. The minimum Gasteiger partial charge on any atom is -0.394 e. The molecule has 2 rings (SSSR count). The highest BCUT2D eigenvalue weighted by molar-refractivity contribution is 4.97. The Labute approximate surface area is 123 Å². The van der Waals surface area contributed by atoms with E-state index in [9.17, 15) is 5.11 Å². The van der Waals surface area contributed by atoms with Gasteiger partial charge in [0.05, 0.1) is 6.61 Å². The number of hydrogen-bond acceptors (Lipinski definition) is 4. The molecule has 2 N–H and O–H groups in total. The number of rotatable bonds is 6. The fourth-order valence-corrected chi connectivity index (χ4v) is 3.82. The first-order valence-electron chi connectivity index (χ1n) is 8.36. The Morgan fingerprint density at radius 1 is 1.25 bits per heavy atom. The van der Waals surface area contributed by atoms with Crippen LogP contribution in [-0.2, 0) is 4.74 Å². The second-order valence-electron chi connectivity index (χ2n) is 6.62. The summed E-state index contributed by atoms with van der Waals surface area (Å²) in [6, 6.07) is 1.26. The maximum absolute atomic E-state index is 9.88. The van der Waals surface area contributed by atoms with E-state index < -0.39 is 0 Å². The smallest absolute Gasteiger partial charge is 0.0613 e. The van der Waals surface area contributed by atoms with Crippen LogP contribution >= 0.6 is 0 Å². The van der Waals surface area contributed by atoms with Crippen molar-refractivity contribution in [3.05, 3.63) is 0 Å². The first-order valence-corrected chi connectivity index (χ1v) is 8.36. The Morgan fingerprint density at radius 3 is 2.65 bits per heavy atom. The van der Waals surface area contributed by atoms with Crippen LogP contribution < -0.4 is 5.32 Å². The molecule has 0 aromatic heterocycles. The van der Waals surface area contributed by atoms with Crippen LogP contribution in [0.25, 0.3) is 0 Å². The van der Waals surface area contributed by atoms with E-state index in [1.165, 1.54) is 12.8 Å². The van der Waals surface area contributed by atoms with Crippen molar-refractivity contribution in [2.75, 3.05) is 33.4 Å². The molecular formula is C16H32N2O2. The topological polar surface area (TPSA) is 44.7 Å². The maximum Gasteiger partial charge on any atom is 0.0613 e. The van der Waals surface area contributed by atoms with Gasteiger partial charge in [0.2, 0.25) is 0 Å². The quantitative estimate of drug-likeness (QED) is 0.780. The normalized spacial score (nSPS) is 32.7. The highest BCUT2D eigenvalue weighted by Gasteiger charge is 2.38. The molecule has 118 valence electrons. The minimum absolute atomic E-state index is 0.0433. The van der Waals surface area contributed by atoms with E-state index >= 15 is 0 Å². The largest absolute Gasteiger partial charge is 0.394 e. The lowest BCUT2D eigenvalue weighted by atomic mass is 9.78. The van der Waals surface area contributed by atoms with Gasteiger partial charge in [-0.1, -0.05) is 6.92 Å². The van der Waals surface area contributed by atoms with Crippen molar-refractivity contribution in [3.63, 3.8) is 0 Å². The molecule has 4 heteroatoms. The molecule has 20 heavy (non-hydrogen) atoms. The first kappa shape index (κ1) is 16.2. The van der Waals surface area contributed by atoms with Gasteiger partial charge in [-0.15, -0.1) is 0 Å². The molecule has 2 unspecified atom stereocenters. The molecule has 2 aliphatic rings. The van der Waals surface area contributed by atoms with Crippen LogP contribution in [0.5, 0.6) is 0 Å². The zero-order chi connectivity index (χ0) is 14.4. The predicted octanol–water partition coefficient (Wildman–Crippen LogP) is 1.77. The second-order valence-corrected chi connectivity index (χ2v) is 6.62. The third-order valence-electron chi connectivity index (χ3n) is 5.21. The SMILES string of the molecule is CCCNC1(CO)CCCC(N(C)C2CCOCC2)C1. The van der Waals surface area contributed by atoms with Crippen molar-refractivity contribution in [3.8, 4) is 0 Å². The summed E-state index contributed by atoms with van der Waals surface area (Å²) in [5, 5.41) is 13.5. The Kier molecular flexibility index (Phi) is 6.27. The van der Waals surface area contributed by atoms with Gasteiger partial charge in [-0.05, 0) is 58.5 Å². The number of nitrogens with zero attached hydrogens (tertiary/aromatic N) is 1. The molecule has 0 bridgehead atoms. The van der Waals surface area contributed by atoms with Gasteiger partial charge in [0, 0.05) is 30.8 Å². The lowest BCUT2D eigenvalue weighted by Crippen LogP contribution is -2.57. The second kappa shape index (κ2) is 7.74. The molecule has 1 saturated heterocycles. The van der Waals surface area contributed by atoms with E-state index in [2.05, 4.69) is 24.2 Å². The molecule has 1 saturated carbocycles. The van der Waals surface area contributed by atoms with Gasteiger partial charge in [-0.2, -0.15) is 0 Å². The van der Waals surface area contributed by atoms with Gasteiger partial charge in [0.1, 0.15) is 0 Å². The highest BCUT2D eigenvalue weighted by Crippen LogP contribution is 2.32. The summed E-state index contributed by atoms with van der Waals surface area (Å²) in [4.78, 5) is 2.57. The van der Waals surface area contributed by atoms with Gasteiger partial charge < -0.3 is 20.1 Å². The summed E-state index contributed by atoms with van der Waals surface area (Å²) in [7, 11) is 2.27. The summed E-state index contributed by atoms with van der Waals surface area (Å²) in [6.07, 6.45) is 8.11. The average molecular weight is 284 g/mol. The van der Waals surface area contributed by atoms with Gasteiger partial charge in [0.15, 0.2) is 0 Å². The number of aliphatic hydroxyl groups excluding tert-OH is 1. The van der Waals surface area contributed by atoms with Crippen molar-refractivity contribution in [2.24, 2.45) is 0 Å². The zero-order valence-electron chi connectivity index (χ0n) is 13.2. The van der Waals surface area contributed by atoms with Gasteiger partial charge in [-0.25, -0.2) is 0 Å². The lowest BCUT2D eigenvalue weighted by Gasteiger charge is -2.46. The zero-order valence-corrected chi connectivity index (χ0v) is 13.2. The third-order valence-corrected chi connectivity index (χ3v) is 5.21. The molecule has 2 atom stereocenters. The molecule has 0 aromatic carbocycles. The van der Waals surface area contributed by atoms with Crippen molar-refractivity contribution in [1.29, 1.82) is 0 Å². The molecule has 1 heterocycles. The van der Waals surface area contributed by atoms with E-state index in [0.717, 1.165) is 51.9 Å². The van der Waals surface area contributed by atoms with Gasteiger partial charge in [0.25, 0.3) is 0 Å². The fraction of sp³-hybridized carbons (Fsp3) is 1.00. The number of nitrogens with one attached hydrogen (secondary N) is 1. The Morgan fingerprint density at radius 2 is 2.00 bits per heavy atom. The molecule has 0 amide bonds. The molecule has 4 nitrogen and oxygen atoms in total. The summed E-state index contributed by atoms with van der Waals surface area (Å²) in [6.45, 7) is 5.27. The van der Waals surface area contributed by atoms with Gasteiger partial charge in [-0.3, -0.25) is 0 Å². The monoisotopic (exact) mass is 284 g/mol. The Bertz CT molecular complexity index is 282. The summed E-state index contributed by atoms with van der Waals surface area (Å²) >= 11 is 0. The van der Waals surface area contributed by atoms with Crippen LogP contribution in [0.15, 0.2) is 0 Å². The van der Waals surface area contributed by atoms with E-state index in [4.69, 9.17) is 4.74 Å². The lowest BCUT2D eigenvalue weighted by molar-refractivity contribution is 0.00380. The van der Waals surface area contributed by atoms with E-state index in [0.29, 0.717) is 12.1 Å². The Hall–Kier alpha value is -0.160. The predicted molar refractivity (Wildman–Crippen MR) is 82.0 cm³/mol. The number of aliphatic hydroxyl groups is 1. The minimum atomic E-state index is -0.0433. The standard InChI is InChI=1S/C16H32N2O2/c1-3-9-17-16(13-19)8-4-5-15(12-16)18(2)14-6-10-20-11-7-14/h14-15,17,19H,3-13H2,1-2H3. The van der Waals surface area contributed by atoms with E-state index in [-0.39, 0.29) is 12.1 Å². The molecule has 0 spiro atoms. The van der Waals surface area contributed by atoms with Crippen LogP contribution in [0.2, 0.25) is 0 Å². The van der Waals surface area contributed by atoms with Crippen LogP contribution in [-0.4, -0.2) is 61.0 Å². The first-order chi connectivity index (χ1) is 9.71.